The van der Waals surface area contributed by atoms with Gasteiger partial charge in [0.2, 0.25) is 11.1 Å². The van der Waals surface area contributed by atoms with Crippen LogP contribution in [-0.4, -0.2) is 37.8 Å². The number of anilines is 1. The molecule has 1 aromatic carbocycles. The number of tetrazole rings is 1. The van der Waals surface area contributed by atoms with Crippen molar-refractivity contribution in [2.45, 2.75) is 38.3 Å². The molecule has 1 aliphatic carbocycles. The molecule has 0 saturated carbocycles. The first kappa shape index (κ1) is 20.5. The predicted molar refractivity (Wildman–Crippen MR) is 117 cm³/mol. The van der Waals surface area contributed by atoms with Gasteiger partial charge in [0.05, 0.1) is 17.0 Å². The Morgan fingerprint density at radius 1 is 1.40 bits per heavy atom. The molecule has 0 spiro atoms. The van der Waals surface area contributed by atoms with E-state index in [1.165, 1.54) is 23.1 Å². The van der Waals surface area contributed by atoms with Crippen LogP contribution in [0.4, 0.5) is 5.00 Å². The summed E-state index contributed by atoms with van der Waals surface area (Å²) in [6, 6.07) is 7.80. The third-order valence-corrected chi connectivity index (χ3v) is 7.12. The number of fused-ring (bicyclic) bond motifs is 1. The topological polar surface area (TPSA) is 116 Å². The summed E-state index contributed by atoms with van der Waals surface area (Å²) < 4.78 is 1.60. The average Bonchev–Trinajstić information content (AvgIpc) is 3.30. The monoisotopic (exact) mass is 442 g/mol. The van der Waals surface area contributed by atoms with E-state index in [-0.39, 0.29) is 11.7 Å². The van der Waals surface area contributed by atoms with Crippen LogP contribution < -0.4 is 11.1 Å². The number of thioether (sulfide) groups is 1. The molecule has 0 saturated heterocycles. The van der Waals surface area contributed by atoms with E-state index in [1.54, 1.807) is 4.68 Å². The van der Waals surface area contributed by atoms with E-state index in [9.17, 15) is 9.59 Å². The molecule has 3 aromatic rings. The second-order valence-electron chi connectivity index (χ2n) is 7.47. The van der Waals surface area contributed by atoms with Crippen molar-refractivity contribution in [2.75, 3.05) is 11.1 Å². The third kappa shape index (κ3) is 4.24. The van der Waals surface area contributed by atoms with E-state index >= 15 is 0 Å². The van der Waals surface area contributed by atoms with Crippen molar-refractivity contribution >= 4 is 39.9 Å². The minimum atomic E-state index is -0.492. The lowest BCUT2D eigenvalue weighted by atomic mass is 9.88. The summed E-state index contributed by atoms with van der Waals surface area (Å²) in [6.07, 6.45) is 2.76. The van der Waals surface area contributed by atoms with Crippen LogP contribution in [-0.2, 0) is 17.6 Å². The van der Waals surface area contributed by atoms with E-state index in [0.29, 0.717) is 21.6 Å². The van der Waals surface area contributed by atoms with Crippen LogP contribution in [0.2, 0.25) is 0 Å². The SMILES string of the molecule is Cc1cccc(-n2nnnc2SCC(=O)Nc2sc3c(c2C(N)=O)CC[C@@H](C)C3)c1. The van der Waals surface area contributed by atoms with Gasteiger partial charge in [-0.25, -0.2) is 0 Å². The van der Waals surface area contributed by atoms with Gasteiger partial charge in [0, 0.05) is 4.88 Å². The van der Waals surface area contributed by atoms with Gasteiger partial charge in [0.1, 0.15) is 5.00 Å². The summed E-state index contributed by atoms with van der Waals surface area (Å²) in [4.78, 5) is 25.8. The summed E-state index contributed by atoms with van der Waals surface area (Å²) in [5.74, 6) is -0.0404. The highest BCUT2D eigenvalue weighted by atomic mass is 32.2. The molecule has 2 heterocycles. The lowest BCUT2D eigenvalue weighted by Gasteiger charge is -2.18. The molecule has 2 aromatic heterocycles. The number of nitrogens with one attached hydrogen (secondary N) is 1. The zero-order valence-corrected chi connectivity index (χ0v) is 18.3. The van der Waals surface area contributed by atoms with Gasteiger partial charge in [0.15, 0.2) is 0 Å². The molecule has 2 amide bonds. The van der Waals surface area contributed by atoms with E-state index in [0.717, 1.165) is 41.0 Å². The Balaban J connectivity index is 1.47. The Bertz CT molecular complexity index is 1110. The highest BCUT2D eigenvalue weighted by molar-refractivity contribution is 7.99. The molecular weight excluding hydrogens is 420 g/mol. The van der Waals surface area contributed by atoms with Gasteiger partial charge < -0.3 is 11.1 Å². The largest absolute Gasteiger partial charge is 0.365 e. The number of primary amides is 1. The molecule has 0 radical (unpaired) electrons. The predicted octanol–water partition coefficient (Wildman–Crippen LogP) is 2.99. The molecule has 0 unspecified atom stereocenters. The average molecular weight is 443 g/mol. The molecule has 10 heteroatoms. The lowest BCUT2D eigenvalue weighted by Crippen LogP contribution is -2.20. The van der Waals surface area contributed by atoms with Crippen molar-refractivity contribution < 1.29 is 9.59 Å². The van der Waals surface area contributed by atoms with Crippen molar-refractivity contribution in [3.8, 4) is 5.69 Å². The summed E-state index contributed by atoms with van der Waals surface area (Å²) in [6.45, 7) is 4.19. The fourth-order valence-electron chi connectivity index (χ4n) is 3.58. The van der Waals surface area contributed by atoms with Gasteiger partial charge in [0.25, 0.3) is 5.91 Å². The number of hydrogen-bond acceptors (Lipinski definition) is 7. The Morgan fingerprint density at radius 2 is 2.23 bits per heavy atom. The third-order valence-electron chi connectivity index (χ3n) is 5.03. The number of nitrogens with two attached hydrogens (primary N) is 1. The number of benzene rings is 1. The molecule has 156 valence electrons. The number of carbonyl (C=O) groups is 2. The van der Waals surface area contributed by atoms with Crippen molar-refractivity contribution in [3.63, 3.8) is 0 Å². The number of amides is 2. The van der Waals surface area contributed by atoms with Crippen LogP contribution in [0, 0.1) is 12.8 Å². The van der Waals surface area contributed by atoms with E-state index in [4.69, 9.17) is 5.73 Å². The maximum absolute atomic E-state index is 12.6. The minimum absolute atomic E-state index is 0.114. The maximum Gasteiger partial charge on any atom is 0.251 e. The molecule has 8 nitrogen and oxygen atoms in total. The molecule has 3 N–H and O–H groups in total. The number of nitrogens with zero attached hydrogens (tertiary/aromatic N) is 4. The summed E-state index contributed by atoms with van der Waals surface area (Å²) in [7, 11) is 0. The van der Waals surface area contributed by atoms with Crippen LogP contribution in [0.1, 0.15) is 39.7 Å². The first-order valence-electron chi connectivity index (χ1n) is 9.64. The molecule has 1 aliphatic rings. The van der Waals surface area contributed by atoms with Crippen molar-refractivity contribution in [3.05, 3.63) is 45.8 Å². The highest BCUT2D eigenvalue weighted by Gasteiger charge is 2.27. The van der Waals surface area contributed by atoms with E-state index < -0.39 is 5.91 Å². The van der Waals surface area contributed by atoms with Gasteiger partial charge in [-0.1, -0.05) is 30.8 Å². The molecule has 4 rings (SSSR count). The summed E-state index contributed by atoms with van der Waals surface area (Å²) in [5.41, 5.74) is 9.00. The summed E-state index contributed by atoms with van der Waals surface area (Å²) >= 11 is 2.69. The second-order valence-corrected chi connectivity index (χ2v) is 9.52. The highest BCUT2D eigenvalue weighted by Crippen LogP contribution is 2.39. The number of carbonyl (C=O) groups excluding carboxylic acids is 2. The Morgan fingerprint density at radius 3 is 3.00 bits per heavy atom. The molecule has 0 bridgehead atoms. The molecule has 1 atom stereocenters. The first-order chi connectivity index (χ1) is 14.4. The summed E-state index contributed by atoms with van der Waals surface area (Å²) in [5, 5.41) is 15.7. The van der Waals surface area contributed by atoms with Crippen LogP contribution in [0.3, 0.4) is 0 Å². The molecule has 0 fully saturated rings. The van der Waals surface area contributed by atoms with E-state index in [1.807, 2.05) is 31.2 Å². The zero-order chi connectivity index (χ0) is 21.3. The maximum atomic E-state index is 12.6. The Kier molecular flexibility index (Phi) is 5.87. The van der Waals surface area contributed by atoms with Crippen LogP contribution in [0.15, 0.2) is 29.4 Å². The number of hydrogen-bond donors (Lipinski definition) is 2. The molecule has 0 aliphatic heterocycles. The Hall–Kier alpha value is -2.72. The number of aryl methyl sites for hydroxylation is 1. The quantitative estimate of drug-likeness (QED) is 0.567. The number of aromatic nitrogens is 4. The van der Waals surface area contributed by atoms with Gasteiger partial charge in [-0.2, -0.15) is 4.68 Å². The molecule has 30 heavy (non-hydrogen) atoms. The van der Waals surface area contributed by atoms with Gasteiger partial charge in [-0.05, 0) is 65.8 Å². The smallest absolute Gasteiger partial charge is 0.251 e. The van der Waals surface area contributed by atoms with E-state index in [2.05, 4.69) is 27.8 Å². The molecular formula is C20H22N6O2S2. The zero-order valence-electron chi connectivity index (χ0n) is 16.7. The van der Waals surface area contributed by atoms with Crippen LogP contribution >= 0.6 is 23.1 Å². The fourth-order valence-corrected chi connectivity index (χ4v) is 5.71. The standard InChI is InChI=1S/C20H22N6O2S2/c1-11-4-3-5-13(8-11)26-20(23-24-25-26)29-10-16(27)22-19-17(18(21)28)14-7-6-12(2)9-15(14)30-19/h3-5,8,12H,6-7,9-10H2,1-2H3,(H2,21,28)(H,22,27)/t12-/m1/s1. The van der Waals surface area contributed by atoms with Gasteiger partial charge >= 0.3 is 0 Å². The van der Waals surface area contributed by atoms with Crippen molar-refractivity contribution in [2.24, 2.45) is 11.7 Å². The number of rotatable bonds is 6. The van der Waals surface area contributed by atoms with Crippen LogP contribution in [0.5, 0.6) is 0 Å². The fraction of sp³-hybridized carbons (Fsp3) is 0.350. The van der Waals surface area contributed by atoms with Gasteiger partial charge in [-0.3, -0.25) is 9.59 Å². The van der Waals surface area contributed by atoms with Crippen molar-refractivity contribution in [1.29, 1.82) is 0 Å². The second kappa shape index (κ2) is 8.57. The lowest BCUT2D eigenvalue weighted by molar-refractivity contribution is -0.113. The normalized spacial score (nSPS) is 15.6. The first-order valence-corrected chi connectivity index (χ1v) is 11.4. The van der Waals surface area contributed by atoms with Crippen molar-refractivity contribution in [1.82, 2.24) is 20.2 Å². The van der Waals surface area contributed by atoms with Crippen LogP contribution in [0.25, 0.3) is 5.69 Å². The van der Waals surface area contributed by atoms with Gasteiger partial charge in [-0.15, -0.1) is 16.4 Å². The minimum Gasteiger partial charge on any atom is -0.365 e. The number of thiophene rings is 1. The Labute approximate surface area is 182 Å².